The Kier molecular flexibility index (Phi) is 5.28. The molecule has 1 N–H and O–H groups in total. The second-order valence-electron chi connectivity index (χ2n) is 6.03. The monoisotopic (exact) mass is 339 g/mol. The molecule has 1 aromatic heterocycles. The van der Waals surface area contributed by atoms with Crippen molar-refractivity contribution in [1.29, 1.82) is 0 Å². The number of likely N-dealkylation sites (tertiary alicyclic amines) is 1. The van der Waals surface area contributed by atoms with E-state index in [0.29, 0.717) is 25.2 Å². The lowest BCUT2D eigenvalue weighted by molar-refractivity contribution is -0.127. The van der Waals surface area contributed by atoms with Gasteiger partial charge >= 0.3 is 0 Å². The standard InChI is InChI=1S/C19H21N3O3/c1-25-16-7-5-14(6-8-16)9-11-22-13-15(12-18(22)23)21-19(24)17-4-2-3-10-20-17/h2-8,10,15H,9,11-13H2,1H3,(H,21,24)/t15-/m1/s1. The Labute approximate surface area is 146 Å². The van der Waals surface area contributed by atoms with E-state index in [4.69, 9.17) is 4.74 Å². The molecule has 0 radical (unpaired) electrons. The molecule has 6 heteroatoms. The van der Waals surface area contributed by atoms with Crippen LogP contribution in [0.25, 0.3) is 0 Å². The molecular weight excluding hydrogens is 318 g/mol. The van der Waals surface area contributed by atoms with Crippen molar-refractivity contribution in [2.24, 2.45) is 0 Å². The van der Waals surface area contributed by atoms with Gasteiger partial charge in [-0.15, -0.1) is 0 Å². The number of nitrogens with zero attached hydrogens (tertiary/aromatic N) is 2. The first-order valence-electron chi connectivity index (χ1n) is 8.28. The van der Waals surface area contributed by atoms with Gasteiger partial charge in [-0.3, -0.25) is 14.6 Å². The Hall–Kier alpha value is -2.89. The molecule has 1 aliphatic heterocycles. The van der Waals surface area contributed by atoms with Crippen LogP contribution in [0.5, 0.6) is 5.75 Å². The number of amides is 2. The van der Waals surface area contributed by atoms with Crippen molar-refractivity contribution in [3.8, 4) is 5.75 Å². The van der Waals surface area contributed by atoms with Crippen molar-refractivity contribution in [3.63, 3.8) is 0 Å². The number of carbonyl (C=O) groups excluding carboxylic acids is 2. The average Bonchev–Trinajstić information content (AvgIpc) is 3.00. The van der Waals surface area contributed by atoms with Gasteiger partial charge in [-0.25, -0.2) is 0 Å². The summed E-state index contributed by atoms with van der Waals surface area (Å²) in [5.74, 6) is 0.647. The van der Waals surface area contributed by atoms with Crippen LogP contribution in [0.15, 0.2) is 48.7 Å². The minimum absolute atomic E-state index is 0.0693. The van der Waals surface area contributed by atoms with Crippen molar-refractivity contribution >= 4 is 11.8 Å². The highest BCUT2D eigenvalue weighted by Crippen LogP contribution is 2.15. The minimum atomic E-state index is -0.240. The predicted molar refractivity (Wildman–Crippen MR) is 93.4 cm³/mol. The first-order chi connectivity index (χ1) is 12.2. The molecule has 6 nitrogen and oxygen atoms in total. The van der Waals surface area contributed by atoms with Crippen molar-refractivity contribution in [2.75, 3.05) is 20.2 Å². The number of aromatic nitrogens is 1. The summed E-state index contributed by atoms with van der Waals surface area (Å²) in [6, 6.07) is 12.8. The number of carbonyl (C=O) groups is 2. The zero-order valence-electron chi connectivity index (χ0n) is 14.1. The Bertz CT molecular complexity index is 731. The molecule has 25 heavy (non-hydrogen) atoms. The SMILES string of the molecule is COc1ccc(CCN2C[C@H](NC(=O)c3ccccn3)CC2=O)cc1. The van der Waals surface area contributed by atoms with E-state index < -0.39 is 0 Å². The van der Waals surface area contributed by atoms with Gasteiger partial charge in [-0.1, -0.05) is 18.2 Å². The van der Waals surface area contributed by atoms with Gasteiger partial charge in [-0.2, -0.15) is 0 Å². The smallest absolute Gasteiger partial charge is 0.270 e. The highest BCUT2D eigenvalue weighted by Gasteiger charge is 2.30. The Morgan fingerprint density at radius 2 is 2.08 bits per heavy atom. The molecule has 2 aromatic rings. The second kappa shape index (κ2) is 7.79. The summed E-state index contributed by atoms with van der Waals surface area (Å²) in [5.41, 5.74) is 1.52. The molecule has 130 valence electrons. The number of pyridine rings is 1. The number of rotatable bonds is 6. The number of hydrogen-bond acceptors (Lipinski definition) is 4. The molecule has 2 heterocycles. The maximum atomic E-state index is 12.2. The van der Waals surface area contributed by atoms with Crippen LogP contribution in [0.1, 0.15) is 22.5 Å². The van der Waals surface area contributed by atoms with Crippen molar-refractivity contribution in [2.45, 2.75) is 18.9 Å². The summed E-state index contributed by atoms with van der Waals surface area (Å²) < 4.78 is 5.14. The molecule has 1 fully saturated rings. The van der Waals surface area contributed by atoms with Crippen LogP contribution in [-0.4, -0.2) is 47.9 Å². The molecule has 0 saturated carbocycles. The molecule has 1 atom stereocenters. The van der Waals surface area contributed by atoms with Crippen LogP contribution in [0.2, 0.25) is 0 Å². The third-order valence-corrected chi connectivity index (χ3v) is 4.28. The van der Waals surface area contributed by atoms with Crippen LogP contribution in [0.4, 0.5) is 0 Å². The van der Waals surface area contributed by atoms with E-state index in [1.54, 1.807) is 36.4 Å². The molecule has 1 saturated heterocycles. The second-order valence-corrected chi connectivity index (χ2v) is 6.03. The Morgan fingerprint density at radius 1 is 1.28 bits per heavy atom. The van der Waals surface area contributed by atoms with E-state index in [2.05, 4.69) is 10.3 Å². The van der Waals surface area contributed by atoms with Crippen molar-refractivity contribution in [3.05, 3.63) is 59.9 Å². The van der Waals surface area contributed by atoms with E-state index in [9.17, 15) is 9.59 Å². The van der Waals surface area contributed by atoms with Gasteiger partial charge < -0.3 is 15.0 Å². The zero-order chi connectivity index (χ0) is 17.6. The molecule has 1 aromatic carbocycles. The van der Waals surface area contributed by atoms with Gasteiger partial charge in [0.05, 0.1) is 13.2 Å². The number of benzene rings is 1. The van der Waals surface area contributed by atoms with Crippen LogP contribution in [-0.2, 0) is 11.2 Å². The fraction of sp³-hybridized carbons (Fsp3) is 0.316. The van der Waals surface area contributed by atoms with Gasteiger partial charge in [0.15, 0.2) is 0 Å². The molecule has 0 spiro atoms. The summed E-state index contributed by atoms with van der Waals surface area (Å²) in [5, 5.41) is 2.89. The average molecular weight is 339 g/mol. The first kappa shape index (κ1) is 17.0. The topological polar surface area (TPSA) is 71.5 Å². The number of methoxy groups -OCH3 is 1. The van der Waals surface area contributed by atoms with E-state index in [0.717, 1.165) is 17.7 Å². The molecule has 2 amide bonds. The predicted octanol–water partition coefficient (Wildman–Crippen LogP) is 1.66. The third-order valence-electron chi connectivity index (χ3n) is 4.28. The molecule has 0 aliphatic carbocycles. The lowest BCUT2D eigenvalue weighted by atomic mass is 10.1. The third kappa shape index (κ3) is 4.35. The maximum Gasteiger partial charge on any atom is 0.270 e. The summed E-state index contributed by atoms with van der Waals surface area (Å²) in [6.07, 6.45) is 2.69. The van der Waals surface area contributed by atoms with Crippen LogP contribution in [0, 0.1) is 0 Å². The van der Waals surface area contributed by atoms with E-state index >= 15 is 0 Å². The van der Waals surface area contributed by atoms with Crippen molar-refractivity contribution in [1.82, 2.24) is 15.2 Å². The summed E-state index contributed by atoms with van der Waals surface area (Å²) in [7, 11) is 1.64. The van der Waals surface area contributed by atoms with Crippen LogP contribution in [0.3, 0.4) is 0 Å². The van der Waals surface area contributed by atoms with Gasteiger partial charge in [0.25, 0.3) is 5.91 Å². The Balaban J connectivity index is 1.51. The summed E-state index contributed by atoms with van der Waals surface area (Å²) in [4.78, 5) is 30.1. The molecule has 3 rings (SSSR count). The van der Waals surface area contributed by atoms with Crippen LogP contribution < -0.4 is 10.1 Å². The maximum absolute atomic E-state index is 12.2. The summed E-state index contributed by atoms with van der Waals surface area (Å²) >= 11 is 0. The van der Waals surface area contributed by atoms with E-state index in [1.807, 2.05) is 24.3 Å². The lowest BCUT2D eigenvalue weighted by Crippen LogP contribution is -2.37. The number of ether oxygens (including phenoxy) is 1. The first-order valence-corrected chi connectivity index (χ1v) is 8.28. The summed E-state index contributed by atoms with van der Waals surface area (Å²) in [6.45, 7) is 1.18. The molecule has 1 aliphatic rings. The minimum Gasteiger partial charge on any atom is -0.497 e. The largest absolute Gasteiger partial charge is 0.497 e. The number of nitrogens with one attached hydrogen (secondary N) is 1. The molecule has 0 bridgehead atoms. The van der Waals surface area contributed by atoms with E-state index in [1.165, 1.54) is 0 Å². The zero-order valence-corrected chi connectivity index (χ0v) is 14.1. The highest BCUT2D eigenvalue weighted by molar-refractivity contribution is 5.93. The van der Waals surface area contributed by atoms with Gasteiger partial charge in [0.1, 0.15) is 11.4 Å². The van der Waals surface area contributed by atoms with Gasteiger partial charge in [0.2, 0.25) is 5.91 Å². The highest BCUT2D eigenvalue weighted by atomic mass is 16.5. The fourth-order valence-corrected chi connectivity index (χ4v) is 2.90. The Morgan fingerprint density at radius 3 is 2.76 bits per heavy atom. The van der Waals surface area contributed by atoms with Crippen molar-refractivity contribution < 1.29 is 14.3 Å². The van der Waals surface area contributed by atoms with Gasteiger partial charge in [-0.05, 0) is 36.2 Å². The molecule has 0 unspecified atom stereocenters. The fourth-order valence-electron chi connectivity index (χ4n) is 2.90. The normalized spacial score (nSPS) is 16.8. The van der Waals surface area contributed by atoms with Gasteiger partial charge in [0, 0.05) is 25.7 Å². The number of hydrogen-bond donors (Lipinski definition) is 1. The van der Waals surface area contributed by atoms with E-state index in [-0.39, 0.29) is 17.9 Å². The van der Waals surface area contributed by atoms with Crippen LogP contribution >= 0.6 is 0 Å². The lowest BCUT2D eigenvalue weighted by Gasteiger charge is -2.17. The quantitative estimate of drug-likeness (QED) is 0.869. The molecular formula is C19H21N3O3.